The first-order chi connectivity index (χ1) is 12.6. The van der Waals surface area contributed by atoms with Crippen LogP contribution in [0.3, 0.4) is 0 Å². The molecule has 1 amide bonds. The number of halogens is 1. The Morgan fingerprint density at radius 1 is 1.23 bits per heavy atom. The highest BCUT2D eigenvalue weighted by Gasteiger charge is 2.29. The fourth-order valence-corrected chi connectivity index (χ4v) is 4.95. The maximum absolute atomic E-state index is 14.1. The number of hydrogen-bond donors (Lipinski definition) is 2. The van der Waals surface area contributed by atoms with Crippen molar-refractivity contribution in [2.45, 2.75) is 25.9 Å². The average Bonchev–Trinajstić information content (AvgIpc) is 3.21. The molecule has 1 saturated heterocycles. The van der Waals surface area contributed by atoms with Crippen molar-refractivity contribution in [1.29, 1.82) is 0 Å². The fraction of sp³-hybridized carbons (Fsp3) is 0.286. The van der Waals surface area contributed by atoms with Gasteiger partial charge in [-0.1, -0.05) is 36.4 Å². The molecule has 1 unspecified atom stereocenters. The number of thiophene rings is 1. The van der Waals surface area contributed by atoms with E-state index in [4.69, 9.17) is 0 Å². The predicted octanol–water partition coefficient (Wildman–Crippen LogP) is 2.94. The van der Waals surface area contributed by atoms with E-state index in [1.165, 1.54) is 27.9 Å². The van der Waals surface area contributed by atoms with Crippen molar-refractivity contribution >= 4 is 27.3 Å². The molecule has 3 aromatic rings. The van der Waals surface area contributed by atoms with Gasteiger partial charge in [0.15, 0.2) is 0 Å². The third kappa shape index (κ3) is 3.37. The summed E-state index contributed by atoms with van der Waals surface area (Å²) in [5.41, 5.74) is 2.07. The maximum Gasteiger partial charge on any atom is 0.262 e. The molecule has 134 valence electrons. The third-order valence-corrected chi connectivity index (χ3v) is 6.38. The molecule has 1 aliphatic rings. The molecule has 1 aromatic heterocycles. The molecule has 2 heterocycles. The van der Waals surface area contributed by atoms with Gasteiger partial charge in [0.25, 0.3) is 5.91 Å². The third-order valence-electron chi connectivity index (χ3n) is 5.12. The molecule has 2 aromatic carbocycles. The van der Waals surface area contributed by atoms with Crippen molar-refractivity contribution in [2.24, 2.45) is 0 Å². The summed E-state index contributed by atoms with van der Waals surface area (Å²) in [5.74, 6) is -0.330. The Bertz CT molecular complexity index is 938. The monoisotopic (exact) mass is 369 g/mol. The number of carbonyl (C=O) groups is 1. The number of carbonyl (C=O) groups excluding carboxylic acids is 1. The van der Waals surface area contributed by atoms with Gasteiger partial charge in [-0.25, -0.2) is 4.39 Å². The van der Waals surface area contributed by atoms with Crippen LogP contribution in [0.5, 0.6) is 0 Å². The van der Waals surface area contributed by atoms with E-state index < -0.39 is 0 Å². The minimum Gasteiger partial charge on any atom is -0.343 e. The van der Waals surface area contributed by atoms with Gasteiger partial charge in [0, 0.05) is 22.1 Å². The van der Waals surface area contributed by atoms with E-state index in [1.54, 1.807) is 6.07 Å². The second-order valence-electron chi connectivity index (χ2n) is 6.99. The second kappa shape index (κ2) is 7.17. The fourth-order valence-electron chi connectivity index (χ4n) is 3.82. The van der Waals surface area contributed by atoms with E-state index in [-0.39, 0.29) is 17.8 Å². The topological polar surface area (TPSA) is 33.5 Å². The number of fused-ring (bicyclic) bond motifs is 1. The Hall–Kier alpha value is -2.24. The lowest BCUT2D eigenvalue weighted by Gasteiger charge is -2.14. The molecule has 1 aliphatic heterocycles. The lowest BCUT2D eigenvalue weighted by atomic mass is 10.1. The van der Waals surface area contributed by atoms with Crippen LogP contribution in [0.1, 0.15) is 27.2 Å². The first-order valence-corrected chi connectivity index (χ1v) is 9.79. The molecular formula is C21H22FN2OS+. The highest BCUT2D eigenvalue weighted by Crippen LogP contribution is 2.32. The zero-order valence-corrected chi connectivity index (χ0v) is 15.5. The number of aryl methyl sites for hydroxylation is 1. The van der Waals surface area contributed by atoms with Gasteiger partial charge in [-0.3, -0.25) is 4.79 Å². The molecule has 0 saturated carbocycles. The number of likely N-dealkylation sites (tertiary alicyclic amines) is 1. The van der Waals surface area contributed by atoms with Crippen LogP contribution in [-0.2, 0) is 6.54 Å². The lowest BCUT2D eigenvalue weighted by molar-refractivity contribution is -0.901. The lowest BCUT2D eigenvalue weighted by Crippen LogP contribution is -3.09. The SMILES string of the molecule is Cc1c(C(=O)N[C@H]2CC[NH+](Cc3ccccc3)C2)sc2cccc(F)c12. The van der Waals surface area contributed by atoms with Gasteiger partial charge in [-0.05, 0) is 24.6 Å². The van der Waals surface area contributed by atoms with Crippen LogP contribution in [0.4, 0.5) is 4.39 Å². The number of rotatable bonds is 4. The van der Waals surface area contributed by atoms with Crippen LogP contribution in [0, 0.1) is 12.7 Å². The van der Waals surface area contributed by atoms with Gasteiger partial charge in [0.05, 0.1) is 24.0 Å². The molecule has 0 radical (unpaired) electrons. The minimum absolute atomic E-state index is 0.0749. The molecule has 2 atom stereocenters. The molecule has 2 N–H and O–H groups in total. The van der Waals surface area contributed by atoms with Crippen molar-refractivity contribution in [2.75, 3.05) is 13.1 Å². The summed E-state index contributed by atoms with van der Waals surface area (Å²) in [7, 11) is 0. The van der Waals surface area contributed by atoms with Gasteiger partial charge < -0.3 is 10.2 Å². The Morgan fingerprint density at radius 2 is 2.04 bits per heavy atom. The van der Waals surface area contributed by atoms with Gasteiger partial charge in [-0.15, -0.1) is 11.3 Å². The highest BCUT2D eigenvalue weighted by molar-refractivity contribution is 7.21. The number of hydrogen-bond acceptors (Lipinski definition) is 2. The van der Waals surface area contributed by atoms with Crippen LogP contribution < -0.4 is 10.2 Å². The summed E-state index contributed by atoms with van der Waals surface area (Å²) in [6.45, 7) is 4.80. The van der Waals surface area contributed by atoms with E-state index in [0.717, 1.165) is 36.3 Å². The van der Waals surface area contributed by atoms with Crippen LogP contribution in [-0.4, -0.2) is 25.0 Å². The largest absolute Gasteiger partial charge is 0.343 e. The summed E-state index contributed by atoms with van der Waals surface area (Å²) in [4.78, 5) is 14.8. The molecule has 26 heavy (non-hydrogen) atoms. The van der Waals surface area contributed by atoms with Crippen molar-refractivity contribution in [3.8, 4) is 0 Å². The molecule has 5 heteroatoms. The zero-order valence-electron chi connectivity index (χ0n) is 14.7. The highest BCUT2D eigenvalue weighted by atomic mass is 32.1. The zero-order chi connectivity index (χ0) is 18.1. The molecule has 0 bridgehead atoms. The summed E-state index contributed by atoms with van der Waals surface area (Å²) in [6.07, 6.45) is 0.978. The quantitative estimate of drug-likeness (QED) is 0.728. The maximum atomic E-state index is 14.1. The van der Waals surface area contributed by atoms with E-state index >= 15 is 0 Å². The predicted molar refractivity (Wildman–Crippen MR) is 103 cm³/mol. The van der Waals surface area contributed by atoms with Crippen molar-refractivity contribution in [3.05, 3.63) is 70.4 Å². The molecular weight excluding hydrogens is 347 g/mol. The first kappa shape index (κ1) is 17.2. The van der Waals surface area contributed by atoms with Gasteiger partial charge in [0.2, 0.25) is 0 Å². The standard InChI is InChI=1S/C21H21FN2OS/c1-14-19-17(22)8-5-9-18(19)26-20(14)21(25)23-16-10-11-24(13-16)12-15-6-3-2-4-7-15/h2-9,16H,10-13H2,1H3,(H,23,25)/p+1/t16-/m0/s1. The number of quaternary nitrogens is 1. The van der Waals surface area contributed by atoms with E-state index in [0.29, 0.717) is 10.3 Å². The summed E-state index contributed by atoms with van der Waals surface area (Å²) >= 11 is 1.37. The molecule has 0 aliphatic carbocycles. The molecule has 4 rings (SSSR count). The van der Waals surface area contributed by atoms with Crippen LogP contribution in [0.2, 0.25) is 0 Å². The summed E-state index contributed by atoms with van der Waals surface area (Å²) < 4.78 is 14.9. The van der Waals surface area contributed by atoms with E-state index in [1.807, 2.05) is 19.1 Å². The summed E-state index contributed by atoms with van der Waals surface area (Å²) in [5, 5.41) is 3.73. The van der Waals surface area contributed by atoms with Gasteiger partial charge in [-0.2, -0.15) is 0 Å². The average molecular weight is 369 g/mol. The van der Waals surface area contributed by atoms with Gasteiger partial charge in [0.1, 0.15) is 12.4 Å². The number of nitrogens with one attached hydrogen (secondary N) is 2. The Morgan fingerprint density at radius 3 is 2.81 bits per heavy atom. The van der Waals surface area contributed by atoms with Crippen LogP contribution >= 0.6 is 11.3 Å². The number of amides is 1. The smallest absolute Gasteiger partial charge is 0.262 e. The normalized spacial score (nSPS) is 19.8. The van der Waals surface area contributed by atoms with Gasteiger partial charge >= 0.3 is 0 Å². The van der Waals surface area contributed by atoms with Crippen LogP contribution in [0.15, 0.2) is 48.5 Å². The Balaban J connectivity index is 1.43. The second-order valence-corrected chi connectivity index (χ2v) is 8.05. The molecule has 0 spiro atoms. The first-order valence-electron chi connectivity index (χ1n) is 8.98. The number of benzene rings is 2. The van der Waals surface area contributed by atoms with Crippen molar-refractivity contribution in [1.82, 2.24) is 5.32 Å². The Labute approximate surface area is 156 Å². The molecule has 3 nitrogen and oxygen atoms in total. The molecule has 1 fully saturated rings. The van der Waals surface area contributed by atoms with Crippen LogP contribution in [0.25, 0.3) is 10.1 Å². The van der Waals surface area contributed by atoms with Crippen molar-refractivity contribution < 1.29 is 14.1 Å². The van der Waals surface area contributed by atoms with E-state index in [9.17, 15) is 9.18 Å². The van der Waals surface area contributed by atoms with E-state index in [2.05, 4.69) is 29.6 Å². The Kier molecular flexibility index (Phi) is 4.74. The minimum atomic E-state index is -0.255. The van der Waals surface area contributed by atoms with Crippen molar-refractivity contribution in [3.63, 3.8) is 0 Å². The summed E-state index contributed by atoms with van der Waals surface area (Å²) in [6, 6.07) is 15.6.